The van der Waals surface area contributed by atoms with Gasteiger partial charge in [0.05, 0.1) is 19.0 Å². The fraction of sp³-hybridized carbons (Fsp3) is 0.500. The summed E-state index contributed by atoms with van der Waals surface area (Å²) >= 11 is 0. The maximum atomic E-state index is 13.0. The van der Waals surface area contributed by atoms with Crippen molar-refractivity contribution in [2.24, 2.45) is 5.73 Å². The Morgan fingerprint density at radius 2 is 1.95 bits per heavy atom. The quantitative estimate of drug-likeness (QED) is 0.814. The molecule has 0 heterocycles. The summed E-state index contributed by atoms with van der Waals surface area (Å²) in [4.78, 5) is 12.0. The van der Waals surface area contributed by atoms with Crippen molar-refractivity contribution in [3.05, 3.63) is 35.9 Å². The molecule has 0 spiro atoms. The van der Waals surface area contributed by atoms with Crippen LogP contribution in [0.1, 0.15) is 31.2 Å². The van der Waals surface area contributed by atoms with E-state index in [0.29, 0.717) is 6.42 Å². The molecule has 0 bridgehead atoms. The Morgan fingerprint density at radius 1 is 1.35 bits per heavy atom. The monoisotopic (exact) mass is 306 g/mol. The van der Waals surface area contributed by atoms with E-state index in [4.69, 9.17) is 5.73 Å². The zero-order valence-corrected chi connectivity index (χ0v) is 12.3. The van der Waals surface area contributed by atoms with Gasteiger partial charge in [0.2, 0.25) is 5.91 Å². The van der Waals surface area contributed by atoms with Crippen LogP contribution in [0.5, 0.6) is 0 Å². The van der Waals surface area contributed by atoms with E-state index in [1.54, 1.807) is 0 Å². The van der Waals surface area contributed by atoms with Crippen LogP contribution in [0.15, 0.2) is 30.3 Å². The van der Waals surface area contributed by atoms with E-state index >= 15 is 0 Å². The highest BCUT2D eigenvalue weighted by Gasteiger charge is 2.29. The summed E-state index contributed by atoms with van der Waals surface area (Å²) in [6.45, 7) is 0.476. The molecule has 0 saturated heterocycles. The first-order valence-corrected chi connectivity index (χ1v) is 6.40. The normalized spacial score (nSPS) is 12.4. The second-order valence-corrected chi connectivity index (χ2v) is 4.53. The molecule has 1 atom stereocenters. The molecule has 0 saturated carbocycles. The van der Waals surface area contributed by atoms with Crippen molar-refractivity contribution in [1.82, 2.24) is 5.32 Å². The Balaban J connectivity index is 0.00000361. The number of alkyl halides is 2. The minimum atomic E-state index is -3.05. The van der Waals surface area contributed by atoms with Gasteiger partial charge in [-0.1, -0.05) is 43.7 Å². The van der Waals surface area contributed by atoms with Crippen LogP contribution in [0.3, 0.4) is 0 Å². The zero-order chi connectivity index (χ0) is 14.3. The summed E-state index contributed by atoms with van der Waals surface area (Å²) in [7, 11) is 0. The molecule has 1 aromatic carbocycles. The molecule has 0 aliphatic rings. The summed E-state index contributed by atoms with van der Waals surface area (Å²) < 4.78 is 26.1. The van der Waals surface area contributed by atoms with Gasteiger partial charge in [0, 0.05) is 0 Å². The van der Waals surface area contributed by atoms with E-state index in [2.05, 4.69) is 5.32 Å². The Hall–Kier alpha value is -1.20. The molecule has 3 N–H and O–H groups in total. The Labute approximate surface area is 124 Å². The van der Waals surface area contributed by atoms with Gasteiger partial charge >= 0.3 is 0 Å². The van der Waals surface area contributed by atoms with E-state index in [0.717, 1.165) is 12.0 Å². The van der Waals surface area contributed by atoms with Gasteiger partial charge in [-0.2, -0.15) is 0 Å². The molecule has 114 valence electrons. The van der Waals surface area contributed by atoms with Crippen LogP contribution in [0.2, 0.25) is 0 Å². The Morgan fingerprint density at radius 3 is 2.45 bits per heavy atom. The molecule has 1 rings (SSSR count). The van der Waals surface area contributed by atoms with Crippen LogP contribution in [-0.2, 0) is 4.79 Å². The van der Waals surface area contributed by atoms with Crippen LogP contribution >= 0.6 is 12.4 Å². The molecule has 6 heteroatoms. The Bertz CT molecular complexity index is 401. The lowest BCUT2D eigenvalue weighted by Gasteiger charge is -2.19. The SMILES string of the molecule is CCCC(C(=O)NCC(F)(F)CN)c1ccccc1.Cl. The molecule has 1 aromatic rings. The van der Waals surface area contributed by atoms with Crippen LogP contribution in [-0.4, -0.2) is 24.9 Å². The highest BCUT2D eigenvalue weighted by molar-refractivity contribution is 5.85. The number of hydrogen-bond donors (Lipinski definition) is 2. The lowest BCUT2D eigenvalue weighted by atomic mass is 9.93. The number of rotatable bonds is 7. The molecule has 0 aromatic heterocycles. The standard InChI is InChI=1S/C14H20F2N2O.ClH/c1-2-6-12(11-7-4-3-5-8-11)13(19)18-10-14(15,16)9-17;/h3-5,7-8,12H,2,6,9-10,17H2,1H3,(H,18,19);1H. The molecular formula is C14H21ClF2N2O. The summed E-state index contributed by atoms with van der Waals surface area (Å²) in [6, 6.07) is 9.19. The van der Waals surface area contributed by atoms with Crippen LogP contribution < -0.4 is 11.1 Å². The van der Waals surface area contributed by atoms with E-state index in [1.165, 1.54) is 0 Å². The van der Waals surface area contributed by atoms with Crippen molar-refractivity contribution in [2.45, 2.75) is 31.6 Å². The second-order valence-electron chi connectivity index (χ2n) is 4.53. The number of carbonyl (C=O) groups is 1. The number of amides is 1. The summed E-state index contributed by atoms with van der Waals surface area (Å²) in [6.07, 6.45) is 1.43. The number of halogens is 3. The third-order valence-corrected chi connectivity index (χ3v) is 2.92. The van der Waals surface area contributed by atoms with Crippen molar-refractivity contribution < 1.29 is 13.6 Å². The second kappa shape index (κ2) is 8.87. The predicted octanol–water partition coefficient (Wildman–Crippen LogP) is 2.70. The first-order chi connectivity index (χ1) is 9.00. The third kappa shape index (κ3) is 5.84. The topological polar surface area (TPSA) is 55.1 Å². The van der Waals surface area contributed by atoms with Crippen LogP contribution in [0.25, 0.3) is 0 Å². The van der Waals surface area contributed by atoms with E-state index < -0.39 is 19.0 Å². The highest BCUT2D eigenvalue weighted by Crippen LogP contribution is 2.21. The Kier molecular flexibility index (Phi) is 8.34. The van der Waals surface area contributed by atoms with Crippen LogP contribution in [0, 0.1) is 0 Å². The van der Waals surface area contributed by atoms with E-state index in [-0.39, 0.29) is 24.2 Å². The maximum Gasteiger partial charge on any atom is 0.277 e. The summed E-state index contributed by atoms with van der Waals surface area (Å²) in [5, 5.41) is 2.29. The average molecular weight is 307 g/mol. The zero-order valence-electron chi connectivity index (χ0n) is 11.4. The fourth-order valence-electron chi connectivity index (χ4n) is 1.83. The van der Waals surface area contributed by atoms with Crippen molar-refractivity contribution in [3.8, 4) is 0 Å². The first kappa shape index (κ1) is 18.8. The van der Waals surface area contributed by atoms with Gasteiger partial charge in [-0.05, 0) is 12.0 Å². The molecular weight excluding hydrogens is 286 g/mol. The van der Waals surface area contributed by atoms with Crippen LogP contribution in [0.4, 0.5) is 8.78 Å². The number of nitrogens with one attached hydrogen (secondary N) is 1. The van der Waals surface area contributed by atoms with Gasteiger partial charge in [0.1, 0.15) is 0 Å². The van der Waals surface area contributed by atoms with Gasteiger partial charge in [0.25, 0.3) is 5.92 Å². The lowest BCUT2D eigenvalue weighted by molar-refractivity contribution is -0.124. The third-order valence-electron chi connectivity index (χ3n) is 2.92. The average Bonchev–Trinajstić information content (AvgIpc) is 2.43. The number of carbonyl (C=O) groups excluding carboxylic acids is 1. The molecule has 20 heavy (non-hydrogen) atoms. The smallest absolute Gasteiger partial charge is 0.277 e. The number of nitrogens with two attached hydrogens (primary N) is 1. The van der Waals surface area contributed by atoms with Crippen molar-refractivity contribution >= 4 is 18.3 Å². The molecule has 0 fully saturated rings. The molecule has 1 amide bonds. The van der Waals surface area contributed by atoms with Crippen molar-refractivity contribution in [2.75, 3.05) is 13.1 Å². The van der Waals surface area contributed by atoms with E-state index in [9.17, 15) is 13.6 Å². The van der Waals surface area contributed by atoms with Crippen molar-refractivity contribution in [3.63, 3.8) is 0 Å². The number of benzene rings is 1. The van der Waals surface area contributed by atoms with Gasteiger partial charge in [-0.25, -0.2) is 8.78 Å². The highest BCUT2D eigenvalue weighted by atomic mass is 35.5. The molecule has 0 aliphatic heterocycles. The largest absolute Gasteiger partial charge is 0.349 e. The predicted molar refractivity (Wildman–Crippen MR) is 78.4 cm³/mol. The van der Waals surface area contributed by atoms with Crippen molar-refractivity contribution in [1.29, 1.82) is 0 Å². The van der Waals surface area contributed by atoms with E-state index in [1.807, 2.05) is 37.3 Å². The molecule has 0 aliphatic carbocycles. The fourth-order valence-corrected chi connectivity index (χ4v) is 1.83. The van der Waals surface area contributed by atoms with Gasteiger partial charge in [-0.15, -0.1) is 12.4 Å². The molecule has 1 unspecified atom stereocenters. The first-order valence-electron chi connectivity index (χ1n) is 6.40. The minimum absolute atomic E-state index is 0. The maximum absolute atomic E-state index is 13.0. The molecule has 3 nitrogen and oxygen atoms in total. The molecule has 0 radical (unpaired) electrons. The van der Waals surface area contributed by atoms with Gasteiger partial charge in [0.15, 0.2) is 0 Å². The van der Waals surface area contributed by atoms with Gasteiger partial charge in [-0.3, -0.25) is 4.79 Å². The lowest BCUT2D eigenvalue weighted by Crippen LogP contribution is -2.43. The summed E-state index contributed by atoms with van der Waals surface area (Å²) in [5.41, 5.74) is 5.78. The minimum Gasteiger partial charge on any atom is -0.349 e. The summed E-state index contributed by atoms with van der Waals surface area (Å²) in [5.74, 6) is -3.82. The van der Waals surface area contributed by atoms with Gasteiger partial charge < -0.3 is 11.1 Å². The number of hydrogen-bond acceptors (Lipinski definition) is 2.